The standard InChI is InChI=1S/C16H18N4O4S/c1-23-12-6-4-3-5-10(12)18-15(21)20-8-7-11-13(9-20)25-14(17-11)19-16(22)24-2/h3-6H,7-9H2,1-2H3,(H,18,21)(H,17,19,22). The lowest BCUT2D eigenvalue weighted by Gasteiger charge is -2.26. The van der Waals surface area contributed by atoms with Gasteiger partial charge >= 0.3 is 12.1 Å². The van der Waals surface area contributed by atoms with Crippen LogP contribution in [-0.2, 0) is 17.7 Å². The Morgan fingerprint density at radius 2 is 2.04 bits per heavy atom. The van der Waals surface area contributed by atoms with E-state index in [2.05, 4.69) is 20.4 Å². The van der Waals surface area contributed by atoms with Gasteiger partial charge in [0.2, 0.25) is 0 Å². The van der Waals surface area contributed by atoms with Crippen molar-refractivity contribution in [3.63, 3.8) is 0 Å². The van der Waals surface area contributed by atoms with Crippen molar-refractivity contribution in [2.24, 2.45) is 0 Å². The molecule has 0 aliphatic carbocycles. The number of fused-ring (bicyclic) bond motifs is 1. The zero-order chi connectivity index (χ0) is 17.8. The van der Waals surface area contributed by atoms with Gasteiger partial charge in [-0.1, -0.05) is 23.5 Å². The van der Waals surface area contributed by atoms with Gasteiger partial charge in [0.1, 0.15) is 5.75 Å². The monoisotopic (exact) mass is 362 g/mol. The van der Waals surface area contributed by atoms with Gasteiger partial charge in [-0.25, -0.2) is 14.6 Å². The molecule has 3 rings (SSSR count). The average molecular weight is 362 g/mol. The number of nitrogens with zero attached hydrogens (tertiary/aromatic N) is 2. The Morgan fingerprint density at radius 1 is 1.24 bits per heavy atom. The second-order valence-corrected chi connectivity index (χ2v) is 6.39. The number of thiazole rings is 1. The van der Waals surface area contributed by atoms with E-state index in [4.69, 9.17) is 4.74 Å². The fourth-order valence-corrected chi connectivity index (χ4v) is 3.51. The molecule has 0 unspecified atom stereocenters. The molecule has 0 saturated heterocycles. The maximum absolute atomic E-state index is 12.5. The van der Waals surface area contributed by atoms with Crippen LogP contribution in [0.3, 0.4) is 0 Å². The fourth-order valence-electron chi connectivity index (χ4n) is 2.50. The normalized spacial score (nSPS) is 13.0. The summed E-state index contributed by atoms with van der Waals surface area (Å²) in [6.07, 6.45) is 0.0745. The van der Waals surface area contributed by atoms with Crippen LogP contribution in [0.2, 0.25) is 0 Å². The third-order valence-electron chi connectivity index (χ3n) is 3.76. The fraction of sp³-hybridized carbons (Fsp3) is 0.312. The second kappa shape index (κ2) is 7.39. The van der Waals surface area contributed by atoms with Gasteiger partial charge in [-0.3, -0.25) is 5.32 Å². The first-order valence-corrected chi connectivity index (χ1v) is 8.45. The van der Waals surface area contributed by atoms with E-state index in [1.165, 1.54) is 18.4 Å². The highest BCUT2D eigenvalue weighted by Crippen LogP contribution is 2.29. The third kappa shape index (κ3) is 3.82. The predicted octanol–water partition coefficient (Wildman–Crippen LogP) is 2.92. The number of para-hydroxylation sites is 2. The lowest BCUT2D eigenvalue weighted by molar-refractivity contribution is 0.187. The molecule has 1 aromatic carbocycles. The zero-order valence-electron chi connectivity index (χ0n) is 13.9. The minimum atomic E-state index is -0.558. The first-order chi connectivity index (χ1) is 12.1. The van der Waals surface area contributed by atoms with E-state index in [1.807, 2.05) is 12.1 Å². The Bertz CT molecular complexity index is 792. The topological polar surface area (TPSA) is 92.8 Å². The van der Waals surface area contributed by atoms with Gasteiger partial charge in [0, 0.05) is 17.8 Å². The van der Waals surface area contributed by atoms with Crippen LogP contribution in [0.15, 0.2) is 24.3 Å². The number of hydrogen-bond acceptors (Lipinski definition) is 6. The molecule has 1 aliphatic heterocycles. The summed E-state index contributed by atoms with van der Waals surface area (Å²) in [5, 5.41) is 5.90. The number of hydrogen-bond donors (Lipinski definition) is 2. The van der Waals surface area contributed by atoms with Crippen LogP contribution in [-0.4, -0.2) is 42.8 Å². The van der Waals surface area contributed by atoms with Crippen molar-refractivity contribution in [3.8, 4) is 5.75 Å². The summed E-state index contributed by atoms with van der Waals surface area (Å²) in [5.74, 6) is 0.607. The number of methoxy groups -OCH3 is 2. The minimum absolute atomic E-state index is 0.203. The molecule has 1 aromatic heterocycles. The quantitative estimate of drug-likeness (QED) is 0.876. The molecular weight excluding hydrogens is 344 g/mol. The number of rotatable bonds is 3. The van der Waals surface area contributed by atoms with E-state index >= 15 is 0 Å². The molecule has 2 N–H and O–H groups in total. The van der Waals surface area contributed by atoms with Crippen LogP contribution < -0.4 is 15.4 Å². The summed E-state index contributed by atoms with van der Waals surface area (Å²) >= 11 is 1.34. The highest BCUT2D eigenvalue weighted by Gasteiger charge is 2.25. The van der Waals surface area contributed by atoms with Crippen molar-refractivity contribution >= 4 is 34.3 Å². The van der Waals surface area contributed by atoms with E-state index < -0.39 is 6.09 Å². The summed E-state index contributed by atoms with van der Waals surface area (Å²) < 4.78 is 9.81. The number of benzene rings is 1. The number of anilines is 2. The number of ether oxygens (including phenoxy) is 2. The van der Waals surface area contributed by atoms with Crippen LogP contribution in [0, 0.1) is 0 Å². The number of carbonyl (C=O) groups excluding carboxylic acids is 2. The lowest BCUT2D eigenvalue weighted by Crippen LogP contribution is -2.38. The Kier molecular flexibility index (Phi) is 5.03. The van der Waals surface area contributed by atoms with Gasteiger partial charge in [0.15, 0.2) is 5.13 Å². The molecule has 0 saturated carbocycles. The van der Waals surface area contributed by atoms with Crippen LogP contribution in [0.1, 0.15) is 10.6 Å². The van der Waals surface area contributed by atoms with Crippen molar-refractivity contribution in [2.45, 2.75) is 13.0 Å². The SMILES string of the molecule is COC(=O)Nc1nc2c(s1)CN(C(=O)Nc1ccccc1OC)CC2. The molecule has 3 amide bonds. The Balaban J connectivity index is 1.67. The molecule has 1 aliphatic rings. The van der Waals surface area contributed by atoms with Gasteiger partial charge < -0.3 is 19.7 Å². The number of aromatic nitrogens is 1. The number of nitrogens with one attached hydrogen (secondary N) is 2. The van der Waals surface area contributed by atoms with Crippen molar-refractivity contribution < 1.29 is 19.1 Å². The molecule has 0 radical (unpaired) electrons. The number of carbonyl (C=O) groups is 2. The Morgan fingerprint density at radius 3 is 2.80 bits per heavy atom. The smallest absolute Gasteiger partial charge is 0.413 e. The largest absolute Gasteiger partial charge is 0.495 e. The maximum atomic E-state index is 12.5. The van der Waals surface area contributed by atoms with Crippen LogP contribution in [0.4, 0.5) is 20.4 Å². The molecule has 0 atom stereocenters. The molecule has 0 bridgehead atoms. The van der Waals surface area contributed by atoms with Crippen LogP contribution in [0.5, 0.6) is 5.75 Å². The van der Waals surface area contributed by atoms with E-state index in [0.717, 1.165) is 10.6 Å². The van der Waals surface area contributed by atoms with Crippen molar-refractivity contribution in [1.29, 1.82) is 0 Å². The zero-order valence-corrected chi connectivity index (χ0v) is 14.7. The summed E-state index contributed by atoms with van der Waals surface area (Å²) in [4.78, 5) is 30.8. The van der Waals surface area contributed by atoms with Gasteiger partial charge in [-0.2, -0.15) is 0 Å². The molecule has 2 heterocycles. The van der Waals surface area contributed by atoms with Crippen molar-refractivity contribution in [3.05, 3.63) is 34.8 Å². The molecule has 25 heavy (non-hydrogen) atoms. The van der Waals surface area contributed by atoms with Gasteiger partial charge in [0.25, 0.3) is 0 Å². The van der Waals surface area contributed by atoms with Gasteiger partial charge in [-0.05, 0) is 12.1 Å². The molecular formula is C16H18N4O4S. The van der Waals surface area contributed by atoms with E-state index in [9.17, 15) is 9.59 Å². The molecule has 0 fully saturated rings. The highest BCUT2D eigenvalue weighted by molar-refractivity contribution is 7.15. The highest BCUT2D eigenvalue weighted by atomic mass is 32.1. The van der Waals surface area contributed by atoms with Crippen LogP contribution >= 0.6 is 11.3 Å². The lowest BCUT2D eigenvalue weighted by atomic mass is 10.2. The summed E-state index contributed by atoms with van der Waals surface area (Å²) in [7, 11) is 2.86. The van der Waals surface area contributed by atoms with E-state index in [1.54, 1.807) is 24.1 Å². The summed E-state index contributed by atoms with van der Waals surface area (Å²) in [6, 6.07) is 7.05. The Labute approximate surface area is 148 Å². The third-order valence-corrected chi connectivity index (χ3v) is 4.76. The average Bonchev–Trinajstić information content (AvgIpc) is 3.03. The predicted molar refractivity (Wildman–Crippen MR) is 94.3 cm³/mol. The van der Waals surface area contributed by atoms with Crippen molar-refractivity contribution in [1.82, 2.24) is 9.88 Å². The molecule has 8 nitrogen and oxygen atoms in total. The number of urea groups is 1. The van der Waals surface area contributed by atoms with E-state index in [-0.39, 0.29) is 6.03 Å². The summed E-state index contributed by atoms with van der Waals surface area (Å²) in [5.41, 5.74) is 1.52. The van der Waals surface area contributed by atoms with Crippen LogP contribution in [0.25, 0.3) is 0 Å². The maximum Gasteiger partial charge on any atom is 0.413 e. The number of amides is 3. The molecule has 2 aromatic rings. The molecule has 9 heteroatoms. The second-order valence-electron chi connectivity index (χ2n) is 5.31. The first kappa shape index (κ1) is 17.0. The van der Waals surface area contributed by atoms with E-state index in [0.29, 0.717) is 36.1 Å². The van der Waals surface area contributed by atoms with Gasteiger partial charge in [0.05, 0.1) is 32.1 Å². The van der Waals surface area contributed by atoms with Gasteiger partial charge in [-0.15, -0.1) is 0 Å². The Hall–Kier alpha value is -2.81. The molecule has 132 valence electrons. The minimum Gasteiger partial charge on any atom is -0.495 e. The summed E-state index contributed by atoms with van der Waals surface area (Å²) in [6.45, 7) is 0.992. The first-order valence-electron chi connectivity index (χ1n) is 7.63. The molecule has 0 spiro atoms. The van der Waals surface area contributed by atoms with Crippen molar-refractivity contribution in [2.75, 3.05) is 31.4 Å².